The number of halogens is 3. The van der Waals surface area contributed by atoms with E-state index in [-0.39, 0.29) is 17.8 Å². The maximum atomic E-state index is 13.8. The highest BCUT2D eigenvalue weighted by Crippen LogP contribution is 2.38. The van der Waals surface area contributed by atoms with E-state index in [4.69, 9.17) is 0 Å². The summed E-state index contributed by atoms with van der Waals surface area (Å²) in [6.07, 6.45) is -4.77. The number of aromatic nitrogens is 1. The molecular weight excluding hydrogens is 523 g/mol. The van der Waals surface area contributed by atoms with Crippen molar-refractivity contribution in [2.45, 2.75) is 31.8 Å². The molecule has 0 fully saturated rings. The van der Waals surface area contributed by atoms with Crippen LogP contribution < -0.4 is 4.31 Å². The van der Waals surface area contributed by atoms with Crippen molar-refractivity contribution in [2.75, 3.05) is 17.5 Å². The second-order valence-corrected chi connectivity index (χ2v) is 11.5. The molecular formula is C26H24F3N3O5S. The van der Waals surface area contributed by atoms with Crippen LogP contribution in [0.15, 0.2) is 65.6 Å². The molecule has 12 heteroatoms. The largest absolute Gasteiger partial charge is 0.481 e. The van der Waals surface area contributed by atoms with Gasteiger partial charge in [-0.05, 0) is 63.2 Å². The van der Waals surface area contributed by atoms with Crippen molar-refractivity contribution in [3.63, 3.8) is 0 Å². The number of anilines is 1. The number of alkyl halides is 3. The Morgan fingerprint density at radius 2 is 1.74 bits per heavy atom. The highest BCUT2D eigenvalue weighted by Gasteiger charge is 2.41. The smallest absolute Gasteiger partial charge is 0.416 e. The Morgan fingerprint density at radius 3 is 2.37 bits per heavy atom. The molecule has 2 heterocycles. The highest BCUT2D eigenvalue weighted by molar-refractivity contribution is 7.92. The van der Waals surface area contributed by atoms with Crippen molar-refractivity contribution in [2.24, 2.45) is 5.41 Å². The Bertz CT molecular complexity index is 1540. The highest BCUT2D eigenvalue weighted by atomic mass is 32.2. The molecule has 200 valence electrons. The molecule has 3 aromatic rings. The van der Waals surface area contributed by atoms with Gasteiger partial charge in [-0.2, -0.15) is 13.2 Å². The quantitative estimate of drug-likeness (QED) is 0.475. The predicted octanol–water partition coefficient (Wildman–Crippen LogP) is 4.80. The second kappa shape index (κ2) is 9.43. The van der Waals surface area contributed by atoms with E-state index in [1.165, 1.54) is 26.0 Å². The maximum Gasteiger partial charge on any atom is 0.416 e. The van der Waals surface area contributed by atoms with Crippen LogP contribution in [-0.4, -0.2) is 48.5 Å². The van der Waals surface area contributed by atoms with Crippen LogP contribution in [0.4, 0.5) is 18.9 Å². The average Bonchev–Trinajstić information content (AvgIpc) is 2.84. The minimum atomic E-state index is -4.77. The van der Waals surface area contributed by atoms with E-state index in [0.717, 1.165) is 27.4 Å². The van der Waals surface area contributed by atoms with Gasteiger partial charge < -0.3 is 10.0 Å². The van der Waals surface area contributed by atoms with E-state index in [1.807, 2.05) is 0 Å². The number of nitrogens with zero attached hydrogens (tertiary/aromatic N) is 3. The first-order valence-electron chi connectivity index (χ1n) is 11.4. The number of pyridine rings is 1. The minimum absolute atomic E-state index is 0.0376. The van der Waals surface area contributed by atoms with E-state index >= 15 is 0 Å². The summed E-state index contributed by atoms with van der Waals surface area (Å²) < 4.78 is 68.5. The summed E-state index contributed by atoms with van der Waals surface area (Å²) in [6.45, 7) is 3.62. The summed E-state index contributed by atoms with van der Waals surface area (Å²) in [5, 5.41) is 9.57. The number of rotatable bonds is 6. The van der Waals surface area contributed by atoms with Crippen molar-refractivity contribution in [3.8, 4) is 11.3 Å². The van der Waals surface area contributed by atoms with Crippen molar-refractivity contribution in [1.82, 2.24) is 9.88 Å². The summed E-state index contributed by atoms with van der Waals surface area (Å²) in [4.78, 5) is 29.9. The number of fused-ring (bicyclic) bond motifs is 1. The molecule has 2 aromatic carbocycles. The number of carbonyl (C=O) groups is 2. The van der Waals surface area contributed by atoms with Crippen LogP contribution in [0.25, 0.3) is 11.3 Å². The third-order valence-electron chi connectivity index (χ3n) is 6.18. The Hall–Kier alpha value is -3.93. The van der Waals surface area contributed by atoms with Gasteiger partial charge in [0.15, 0.2) is 0 Å². The number of hydrogen-bond acceptors (Lipinski definition) is 5. The van der Waals surface area contributed by atoms with E-state index in [1.54, 1.807) is 31.2 Å². The van der Waals surface area contributed by atoms with Crippen molar-refractivity contribution in [1.29, 1.82) is 0 Å². The fourth-order valence-electron chi connectivity index (χ4n) is 4.08. The lowest BCUT2D eigenvalue weighted by atomic mass is 9.92. The number of aryl methyl sites for hydroxylation is 1. The summed E-state index contributed by atoms with van der Waals surface area (Å²) >= 11 is 0. The van der Waals surface area contributed by atoms with Crippen molar-refractivity contribution < 1.29 is 36.3 Å². The van der Waals surface area contributed by atoms with Crippen LogP contribution in [0.5, 0.6) is 0 Å². The zero-order valence-electron chi connectivity index (χ0n) is 20.7. The van der Waals surface area contributed by atoms with Gasteiger partial charge in [0.2, 0.25) is 0 Å². The Balaban J connectivity index is 1.89. The van der Waals surface area contributed by atoms with Gasteiger partial charge in [0.25, 0.3) is 15.9 Å². The molecule has 8 nitrogen and oxygen atoms in total. The molecule has 0 atom stereocenters. The van der Waals surface area contributed by atoms with Crippen LogP contribution in [0.3, 0.4) is 0 Å². The maximum absolute atomic E-state index is 13.8. The lowest BCUT2D eigenvalue weighted by Gasteiger charge is -2.39. The first-order chi connectivity index (χ1) is 17.6. The normalized spacial score (nSPS) is 14.4. The lowest BCUT2D eigenvalue weighted by molar-refractivity contribution is -0.147. The number of amides is 1. The van der Waals surface area contributed by atoms with E-state index in [9.17, 15) is 36.3 Å². The summed E-state index contributed by atoms with van der Waals surface area (Å²) in [7, 11) is -4.63. The Morgan fingerprint density at radius 1 is 1.05 bits per heavy atom. The number of sulfonamides is 1. The van der Waals surface area contributed by atoms with Gasteiger partial charge in [-0.1, -0.05) is 18.2 Å². The Labute approximate surface area is 217 Å². The van der Waals surface area contributed by atoms with Gasteiger partial charge in [-0.3, -0.25) is 14.6 Å². The van der Waals surface area contributed by atoms with Gasteiger partial charge >= 0.3 is 12.1 Å². The number of carboxylic acids is 1. The molecule has 0 unspecified atom stereocenters. The van der Waals surface area contributed by atoms with Crippen LogP contribution >= 0.6 is 0 Å². The zero-order chi connectivity index (χ0) is 28.0. The number of carbonyl (C=O) groups excluding carboxylic acids is 1. The Kier molecular flexibility index (Phi) is 6.73. The molecule has 0 saturated heterocycles. The molecule has 1 aliphatic heterocycles. The first kappa shape index (κ1) is 27.1. The molecule has 4 rings (SSSR count). The monoisotopic (exact) mass is 547 g/mol. The zero-order valence-corrected chi connectivity index (χ0v) is 21.5. The number of benzene rings is 2. The number of hydrogen-bond donors (Lipinski definition) is 1. The SMILES string of the molecule is Cc1cccc(-c2ccc3c(c2)N(S(=O)(=O)c2cccc(C(F)(F)F)c2)CN(CC(C)(C)C(=O)O)C3=O)n1. The summed E-state index contributed by atoms with van der Waals surface area (Å²) in [5.74, 6) is -1.81. The van der Waals surface area contributed by atoms with Crippen molar-refractivity contribution in [3.05, 3.63) is 77.5 Å². The van der Waals surface area contributed by atoms with Crippen molar-refractivity contribution >= 4 is 27.6 Å². The third kappa shape index (κ3) is 5.08. The van der Waals surface area contributed by atoms with Gasteiger partial charge in [-0.25, -0.2) is 12.7 Å². The fourth-order valence-corrected chi connectivity index (χ4v) is 5.56. The van der Waals surface area contributed by atoms with E-state index in [2.05, 4.69) is 4.98 Å². The van der Waals surface area contributed by atoms with Gasteiger partial charge in [-0.15, -0.1) is 0 Å². The molecule has 1 aromatic heterocycles. The lowest BCUT2D eigenvalue weighted by Crippen LogP contribution is -2.52. The predicted molar refractivity (Wildman–Crippen MR) is 133 cm³/mol. The van der Waals surface area contributed by atoms with Gasteiger partial charge in [0.05, 0.1) is 32.8 Å². The topological polar surface area (TPSA) is 108 Å². The first-order valence-corrected chi connectivity index (χ1v) is 12.9. The molecule has 0 aliphatic carbocycles. The average molecular weight is 548 g/mol. The standard InChI is InChI=1S/C26H24F3N3O5S/c1-16-6-4-9-21(30-16)17-10-11-20-22(12-17)32(15-31(23(20)33)14-25(2,3)24(34)35)38(36,37)19-8-5-7-18(13-19)26(27,28)29/h4-13H,14-15H2,1-3H3,(H,34,35). The molecule has 1 amide bonds. The summed E-state index contributed by atoms with van der Waals surface area (Å²) in [5.41, 5.74) is -0.957. The molecule has 0 bridgehead atoms. The van der Waals surface area contributed by atoms with Crippen LogP contribution in [0.1, 0.15) is 35.5 Å². The van der Waals surface area contributed by atoms with Crippen LogP contribution in [0, 0.1) is 12.3 Å². The third-order valence-corrected chi connectivity index (χ3v) is 7.92. The van der Waals surface area contributed by atoms with Gasteiger partial charge in [0, 0.05) is 17.8 Å². The van der Waals surface area contributed by atoms with E-state index in [0.29, 0.717) is 23.0 Å². The number of carboxylic acid groups (broad SMARTS) is 1. The summed E-state index contributed by atoms with van der Waals surface area (Å²) in [6, 6.07) is 13.0. The fraction of sp³-hybridized carbons (Fsp3) is 0.269. The molecule has 1 N–H and O–H groups in total. The van der Waals surface area contributed by atoms with Gasteiger partial charge in [0.1, 0.15) is 6.67 Å². The molecule has 38 heavy (non-hydrogen) atoms. The number of aliphatic carboxylic acids is 1. The molecule has 1 aliphatic rings. The van der Waals surface area contributed by atoms with Crippen LogP contribution in [-0.2, 0) is 21.0 Å². The molecule has 0 radical (unpaired) electrons. The second-order valence-electron chi connectivity index (χ2n) is 9.61. The van der Waals surface area contributed by atoms with Crippen LogP contribution in [0.2, 0.25) is 0 Å². The molecule has 0 spiro atoms. The minimum Gasteiger partial charge on any atom is -0.481 e. The molecule has 0 saturated carbocycles. The van der Waals surface area contributed by atoms with E-state index < -0.39 is 50.6 Å².